The van der Waals surface area contributed by atoms with E-state index in [2.05, 4.69) is 12.2 Å². The topological polar surface area (TPSA) is 49.3 Å². The third kappa shape index (κ3) is 2.19. The first-order valence-corrected chi connectivity index (χ1v) is 4.20. The summed E-state index contributed by atoms with van der Waals surface area (Å²) in [5, 5.41) is 11.7. The zero-order valence-corrected chi connectivity index (χ0v) is 6.84. The van der Waals surface area contributed by atoms with Crippen LogP contribution in [0, 0.1) is 5.92 Å². The Hall–Kier alpha value is -0.570. The van der Waals surface area contributed by atoms with Gasteiger partial charge in [-0.15, -0.1) is 0 Å². The molecule has 0 aliphatic carbocycles. The summed E-state index contributed by atoms with van der Waals surface area (Å²) in [5.74, 6) is -0.0968. The van der Waals surface area contributed by atoms with E-state index in [1.165, 1.54) is 0 Å². The van der Waals surface area contributed by atoms with Crippen molar-refractivity contribution >= 4 is 5.97 Å². The number of hydrogen-bond donors (Lipinski definition) is 2. The van der Waals surface area contributed by atoms with Gasteiger partial charge in [0.15, 0.2) is 0 Å². The zero-order chi connectivity index (χ0) is 8.27. The maximum absolute atomic E-state index is 10.6. The highest BCUT2D eigenvalue weighted by Gasteiger charge is 2.24. The molecule has 0 bridgehead atoms. The molecule has 1 aliphatic rings. The number of piperidine rings is 1. The first-order chi connectivity index (χ1) is 5.24. The molecule has 0 saturated carbocycles. The van der Waals surface area contributed by atoms with E-state index in [1.807, 2.05) is 0 Å². The maximum Gasteiger partial charge on any atom is 0.320 e. The number of aliphatic carboxylic acids is 1. The second kappa shape index (κ2) is 3.72. The first-order valence-electron chi connectivity index (χ1n) is 4.20. The molecule has 1 heterocycles. The van der Waals surface area contributed by atoms with Crippen molar-refractivity contribution in [1.82, 2.24) is 5.32 Å². The van der Waals surface area contributed by atoms with Gasteiger partial charge in [0, 0.05) is 0 Å². The minimum atomic E-state index is -0.705. The van der Waals surface area contributed by atoms with Gasteiger partial charge in [-0.3, -0.25) is 4.79 Å². The highest BCUT2D eigenvalue weighted by Crippen LogP contribution is 2.18. The van der Waals surface area contributed by atoms with Crippen molar-refractivity contribution in [2.75, 3.05) is 6.54 Å². The van der Waals surface area contributed by atoms with Crippen LogP contribution < -0.4 is 5.32 Å². The summed E-state index contributed by atoms with van der Waals surface area (Å²) in [5.41, 5.74) is 0. The van der Waals surface area contributed by atoms with Crippen molar-refractivity contribution in [3.63, 3.8) is 0 Å². The lowest BCUT2D eigenvalue weighted by Crippen LogP contribution is -2.43. The number of nitrogens with one attached hydrogen (secondary N) is 1. The molecule has 2 N–H and O–H groups in total. The Labute approximate surface area is 66.8 Å². The fourth-order valence-electron chi connectivity index (χ4n) is 1.56. The molecule has 0 aromatic rings. The second-order valence-electron chi connectivity index (χ2n) is 3.14. The van der Waals surface area contributed by atoms with Gasteiger partial charge in [0.1, 0.15) is 6.04 Å². The average Bonchev–Trinajstić information content (AvgIpc) is 2.05. The van der Waals surface area contributed by atoms with E-state index in [0.29, 0.717) is 5.92 Å². The molecule has 1 fully saturated rings. The SMILES string of the molecule is CC[C@@H]1CCN[C@H](C(=O)O)C1. The lowest BCUT2D eigenvalue weighted by Gasteiger charge is -2.26. The van der Waals surface area contributed by atoms with E-state index in [1.54, 1.807) is 0 Å². The van der Waals surface area contributed by atoms with Gasteiger partial charge in [0.2, 0.25) is 0 Å². The number of rotatable bonds is 2. The average molecular weight is 157 g/mol. The van der Waals surface area contributed by atoms with Crippen molar-refractivity contribution in [3.8, 4) is 0 Å². The molecule has 0 aromatic carbocycles. The van der Waals surface area contributed by atoms with E-state index >= 15 is 0 Å². The molecule has 3 nitrogen and oxygen atoms in total. The van der Waals surface area contributed by atoms with Gasteiger partial charge in [-0.25, -0.2) is 0 Å². The van der Waals surface area contributed by atoms with Crippen molar-refractivity contribution in [2.45, 2.75) is 32.2 Å². The van der Waals surface area contributed by atoms with Gasteiger partial charge < -0.3 is 10.4 Å². The largest absolute Gasteiger partial charge is 0.480 e. The van der Waals surface area contributed by atoms with Crippen molar-refractivity contribution in [2.24, 2.45) is 5.92 Å². The van der Waals surface area contributed by atoms with E-state index in [9.17, 15) is 4.79 Å². The van der Waals surface area contributed by atoms with Crippen LogP contribution in [0.15, 0.2) is 0 Å². The molecule has 64 valence electrons. The minimum Gasteiger partial charge on any atom is -0.480 e. The molecule has 0 amide bonds. The third-order valence-electron chi connectivity index (χ3n) is 2.39. The zero-order valence-electron chi connectivity index (χ0n) is 6.84. The van der Waals surface area contributed by atoms with Crippen LogP contribution in [0.2, 0.25) is 0 Å². The summed E-state index contributed by atoms with van der Waals surface area (Å²) in [4.78, 5) is 10.6. The van der Waals surface area contributed by atoms with Gasteiger partial charge in [-0.05, 0) is 25.3 Å². The monoisotopic (exact) mass is 157 g/mol. The number of carboxylic acid groups (broad SMARTS) is 1. The summed E-state index contributed by atoms with van der Waals surface area (Å²) < 4.78 is 0. The molecule has 0 aromatic heterocycles. The van der Waals surface area contributed by atoms with Crippen LogP contribution in [-0.4, -0.2) is 23.7 Å². The van der Waals surface area contributed by atoms with Crippen LogP contribution in [0.1, 0.15) is 26.2 Å². The Morgan fingerprint density at radius 3 is 3.00 bits per heavy atom. The van der Waals surface area contributed by atoms with Crippen molar-refractivity contribution < 1.29 is 9.90 Å². The van der Waals surface area contributed by atoms with Crippen LogP contribution in [0.5, 0.6) is 0 Å². The Balaban J connectivity index is 2.39. The van der Waals surface area contributed by atoms with E-state index in [0.717, 1.165) is 25.8 Å². The lowest BCUT2D eigenvalue weighted by molar-refractivity contribution is -0.140. The van der Waals surface area contributed by atoms with Gasteiger partial charge in [-0.2, -0.15) is 0 Å². The quantitative estimate of drug-likeness (QED) is 0.624. The lowest BCUT2D eigenvalue weighted by atomic mass is 9.90. The van der Waals surface area contributed by atoms with Gasteiger partial charge in [-0.1, -0.05) is 13.3 Å². The Morgan fingerprint density at radius 1 is 1.73 bits per heavy atom. The van der Waals surface area contributed by atoms with Crippen LogP contribution >= 0.6 is 0 Å². The standard InChI is InChI=1S/C8H15NO2/c1-2-6-3-4-9-7(5-6)8(10)11/h6-7,9H,2-5H2,1H3,(H,10,11)/t6-,7+/m1/s1. The molecule has 2 atom stereocenters. The number of hydrogen-bond acceptors (Lipinski definition) is 2. The van der Waals surface area contributed by atoms with Crippen LogP contribution in [-0.2, 0) is 4.79 Å². The normalized spacial score (nSPS) is 31.7. The Kier molecular flexibility index (Phi) is 2.88. The molecule has 0 unspecified atom stereocenters. The predicted octanol–water partition coefficient (Wildman–Crippen LogP) is 0.849. The van der Waals surface area contributed by atoms with Gasteiger partial charge in [0.25, 0.3) is 0 Å². The minimum absolute atomic E-state index is 0.298. The molecule has 11 heavy (non-hydrogen) atoms. The molecular formula is C8H15NO2. The highest BCUT2D eigenvalue weighted by atomic mass is 16.4. The van der Waals surface area contributed by atoms with Crippen LogP contribution in [0.3, 0.4) is 0 Å². The summed E-state index contributed by atoms with van der Waals surface area (Å²) in [6.07, 6.45) is 3.03. The predicted molar refractivity (Wildman–Crippen MR) is 42.4 cm³/mol. The van der Waals surface area contributed by atoms with Crippen LogP contribution in [0.25, 0.3) is 0 Å². The molecular weight excluding hydrogens is 142 g/mol. The van der Waals surface area contributed by atoms with Crippen LogP contribution in [0.4, 0.5) is 0 Å². The Bertz CT molecular complexity index is 147. The molecule has 0 spiro atoms. The molecule has 1 aliphatic heterocycles. The van der Waals surface area contributed by atoms with E-state index in [-0.39, 0.29) is 6.04 Å². The molecule has 1 rings (SSSR count). The van der Waals surface area contributed by atoms with Crippen molar-refractivity contribution in [3.05, 3.63) is 0 Å². The van der Waals surface area contributed by atoms with E-state index < -0.39 is 5.97 Å². The van der Waals surface area contributed by atoms with Gasteiger partial charge in [0.05, 0.1) is 0 Å². The number of carboxylic acids is 1. The molecule has 3 heteroatoms. The number of carbonyl (C=O) groups is 1. The fourth-order valence-corrected chi connectivity index (χ4v) is 1.56. The smallest absolute Gasteiger partial charge is 0.320 e. The van der Waals surface area contributed by atoms with Gasteiger partial charge >= 0.3 is 5.97 Å². The fraction of sp³-hybridized carbons (Fsp3) is 0.875. The Morgan fingerprint density at radius 2 is 2.45 bits per heavy atom. The summed E-state index contributed by atoms with van der Waals surface area (Å²) in [7, 11) is 0. The molecule has 0 radical (unpaired) electrons. The molecule has 1 saturated heterocycles. The first kappa shape index (κ1) is 8.53. The maximum atomic E-state index is 10.6. The summed E-state index contributed by atoms with van der Waals surface area (Å²) in [6, 6.07) is -0.298. The highest BCUT2D eigenvalue weighted by molar-refractivity contribution is 5.73. The van der Waals surface area contributed by atoms with Crippen molar-refractivity contribution in [1.29, 1.82) is 0 Å². The summed E-state index contributed by atoms with van der Waals surface area (Å²) in [6.45, 7) is 2.98. The van der Waals surface area contributed by atoms with E-state index in [4.69, 9.17) is 5.11 Å². The third-order valence-corrected chi connectivity index (χ3v) is 2.39. The summed E-state index contributed by atoms with van der Waals surface area (Å²) >= 11 is 0. The second-order valence-corrected chi connectivity index (χ2v) is 3.14.